The van der Waals surface area contributed by atoms with E-state index in [1.807, 2.05) is 54.3 Å². The minimum Gasteiger partial charge on any atom is -0.465 e. The zero-order chi connectivity index (χ0) is 22.7. The van der Waals surface area contributed by atoms with E-state index in [4.69, 9.17) is 21.7 Å². The van der Waals surface area contributed by atoms with E-state index in [0.29, 0.717) is 48.1 Å². The van der Waals surface area contributed by atoms with Gasteiger partial charge in [-0.3, -0.25) is 9.69 Å². The van der Waals surface area contributed by atoms with Crippen LogP contribution in [0, 0.1) is 0 Å². The number of morpholine rings is 1. The molecule has 2 aromatic rings. The van der Waals surface area contributed by atoms with Crippen LogP contribution in [0.15, 0.2) is 65.9 Å². The van der Waals surface area contributed by atoms with Crippen LogP contribution < -0.4 is 10.2 Å². The molecule has 1 saturated heterocycles. The van der Waals surface area contributed by atoms with E-state index in [2.05, 4.69) is 5.32 Å². The maximum absolute atomic E-state index is 13.8. The lowest BCUT2D eigenvalue weighted by Crippen LogP contribution is -2.51. The summed E-state index contributed by atoms with van der Waals surface area (Å²) in [5, 5.41) is 3.77. The monoisotopic (exact) mass is 451 g/mol. The number of nitrogens with one attached hydrogen (secondary N) is 1. The molecule has 4 rings (SSSR count). The van der Waals surface area contributed by atoms with Crippen LogP contribution >= 0.6 is 12.2 Å². The van der Waals surface area contributed by atoms with Gasteiger partial charge in [0.25, 0.3) is 5.91 Å². The number of allylic oxidation sites excluding steroid dienone is 1. The number of thiocarbonyl (C=S) groups is 1. The van der Waals surface area contributed by atoms with Crippen LogP contribution in [-0.2, 0) is 14.3 Å². The zero-order valence-electron chi connectivity index (χ0n) is 18.0. The quantitative estimate of drug-likeness (QED) is 0.566. The highest BCUT2D eigenvalue weighted by Gasteiger charge is 2.38. The molecular weight excluding hydrogens is 426 g/mol. The molecule has 2 aliphatic heterocycles. The van der Waals surface area contributed by atoms with Gasteiger partial charge in [-0.25, -0.2) is 4.79 Å². The molecule has 1 N–H and O–H groups in total. The Morgan fingerprint density at radius 2 is 1.72 bits per heavy atom. The lowest BCUT2D eigenvalue weighted by molar-refractivity contribution is -0.131. The molecule has 0 aromatic heterocycles. The van der Waals surface area contributed by atoms with Gasteiger partial charge in [0.1, 0.15) is 0 Å². The smallest absolute Gasteiger partial charge is 0.338 e. The van der Waals surface area contributed by atoms with E-state index in [9.17, 15) is 9.59 Å². The van der Waals surface area contributed by atoms with Crippen LogP contribution in [0.25, 0.3) is 0 Å². The third-order valence-electron chi connectivity index (χ3n) is 5.70. The van der Waals surface area contributed by atoms with Gasteiger partial charge in [-0.1, -0.05) is 36.4 Å². The third-order valence-corrected chi connectivity index (χ3v) is 6.01. The number of carbonyl (C=O) groups is 2. The van der Waals surface area contributed by atoms with E-state index >= 15 is 0 Å². The second-order valence-electron chi connectivity index (χ2n) is 7.54. The van der Waals surface area contributed by atoms with Crippen molar-refractivity contribution in [1.29, 1.82) is 0 Å². The van der Waals surface area contributed by atoms with Crippen molar-refractivity contribution >= 4 is 34.9 Å². The van der Waals surface area contributed by atoms with Crippen LogP contribution in [0.3, 0.4) is 0 Å². The topological polar surface area (TPSA) is 71.1 Å². The van der Waals surface area contributed by atoms with Crippen molar-refractivity contribution in [3.8, 4) is 0 Å². The SMILES string of the molecule is COC(=O)c1ccccc1C1NC(=S)N(c2ccccc2)C(C)=C1C(=O)N1CCOCC1. The van der Waals surface area contributed by atoms with Gasteiger partial charge in [-0.2, -0.15) is 0 Å². The molecule has 1 amide bonds. The van der Waals surface area contributed by atoms with Crippen LogP contribution in [0.1, 0.15) is 28.9 Å². The number of para-hydroxylation sites is 1. The number of benzene rings is 2. The molecule has 1 atom stereocenters. The van der Waals surface area contributed by atoms with Gasteiger partial charge in [-0.15, -0.1) is 0 Å². The Kier molecular flexibility index (Phi) is 6.53. The van der Waals surface area contributed by atoms with Crippen LogP contribution in [-0.4, -0.2) is 55.3 Å². The van der Waals surface area contributed by atoms with E-state index in [1.54, 1.807) is 17.0 Å². The van der Waals surface area contributed by atoms with Crippen molar-refractivity contribution in [3.05, 3.63) is 77.0 Å². The Balaban J connectivity index is 1.86. The highest BCUT2D eigenvalue weighted by atomic mass is 32.1. The minimum atomic E-state index is -0.590. The van der Waals surface area contributed by atoms with E-state index in [-0.39, 0.29) is 5.91 Å². The Labute approximate surface area is 192 Å². The summed E-state index contributed by atoms with van der Waals surface area (Å²) in [5.74, 6) is -0.568. The molecule has 0 bridgehead atoms. The molecule has 0 saturated carbocycles. The Morgan fingerprint density at radius 3 is 2.41 bits per heavy atom. The predicted octanol–water partition coefficient (Wildman–Crippen LogP) is 3.04. The van der Waals surface area contributed by atoms with Gasteiger partial charge in [0.15, 0.2) is 5.11 Å². The highest BCUT2D eigenvalue weighted by molar-refractivity contribution is 7.80. The molecule has 0 radical (unpaired) electrons. The molecule has 0 spiro atoms. The standard InChI is InChI=1S/C24H25N3O4S/c1-16-20(22(28)26-12-14-31-15-13-26)21(18-10-6-7-11-19(18)23(29)30-2)25-24(32)27(16)17-8-4-3-5-9-17/h3-11,21H,12-15H2,1-2H3,(H,25,32). The minimum absolute atomic E-state index is 0.105. The fraction of sp³-hybridized carbons (Fsp3) is 0.292. The zero-order valence-corrected chi connectivity index (χ0v) is 18.9. The number of esters is 1. The number of ether oxygens (including phenoxy) is 2. The molecule has 166 valence electrons. The van der Waals surface area contributed by atoms with Crippen LogP contribution in [0.5, 0.6) is 0 Å². The lowest BCUT2D eigenvalue weighted by Gasteiger charge is -2.40. The van der Waals surface area contributed by atoms with E-state index in [0.717, 1.165) is 11.4 Å². The highest BCUT2D eigenvalue weighted by Crippen LogP contribution is 2.36. The van der Waals surface area contributed by atoms with E-state index < -0.39 is 12.0 Å². The summed E-state index contributed by atoms with van der Waals surface area (Å²) in [7, 11) is 1.34. The summed E-state index contributed by atoms with van der Waals surface area (Å²) >= 11 is 5.72. The Bertz CT molecular complexity index is 1060. The summed E-state index contributed by atoms with van der Waals surface area (Å²) in [4.78, 5) is 29.9. The largest absolute Gasteiger partial charge is 0.465 e. The molecule has 2 heterocycles. The Hall–Kier alpha value is -3.23. The number of hydrogen-bond acceptors (Lipinski definition) is 5. The summed E-state index contributed by atoms with van der Waals surface area (Å²) in [5.41, 5.74) is 3.16. The van der Waals surface area contributed by atoms with Crippen molar-refractivity contribution in [3.63, 3.8) is 0 Å². The number of rotatable bonds is 4. The predicted molar refractivity (Wildman–Crippen MR) is 125 cm³/mol. The molecular formula is C24H25N3O4S. The maximum Gasteiger partial charge on any atom is 0.338 e. The number of amides is 1. The summed E-state index contributed by atoms with van der Waals surface area (Å²) in [6, 6.07) is 16.2. The second-order valence-corrected chi connectivity index (χ2v) is 7.92. The van der Waals surface area contributed by atoms with Gasteiger partial charge in [0.2, 0.25) is 0 Å². The average Bonchev–Trinajstić information content (AvgIpc) is 2.84. The number of hydrogen-bond donors (Lipinski definition) is 1. The van der Waals surface area contributed by atoms with Crippen molar-refractivity contribution in [1.82, 2.24) is 10.2 Å². The number of methoxy groups -OCH3 is 1. The fourth-order valence-corrected chi connectivity index (χ4v) is 4.48. The molecule has 1 unspecified atom stereocenters. The third kappa shape index (κ3) is 4.11. The van der Waals surface area contributed by atoms with Crippen molar-refractivity contribution in [2.24, 2.45) is 0 Å². The summed E-state index contributed by atoms with van der Waals surface area (Å²) in [6.07, 6.45) is 0. The Morgan fingerprint density at radius 1 is 1.06 bits per heavy atom. The lowest BCUT2D eigenvalue weighted by atomic mass is 9.90. The average molecular weight is 452 g/mol. The molecule has 32 heavy (non-hydrogen) atoms. The summed E-state index contributed by atoms with van der Waals surface area (Å²) in [6.45, 7) is 3.90. The molecule has 2 aromatic carbocycles. The van der Waals surface area contributed by atoms with Crippen LogP contribution in [0.2, 0.25) is 0 Å². The normalized spacial score (nSPS) is 18.9. The first kappa shape index (κ1) is 22.0. The van der Waals surface area contributed by atoms with Gasteiger partial charge in [-0.05, 0) is 42.9 Å². The number of nitrogens with zero attached hydrogens (tertiary/aromatic N) is 2. The first-order valence-corrected chi connectivity index (χ1v) is 10.8. The first-order valence-electron chi connectivity index (χ1n) is 10.4. The number of anilines is 1. The molecule has 2 aliphatic rings. The molecule has 7 nitrogen and oxygen atoms in total. The van der Waals surface area contributed by atoms with Crippen molar-refractivity contribution in [2.45, 2.75) is 13.0 Å². The number of carbonyl (C=O) groups excluding carboxylic acids is 2. The van der Waals surface area contributed by atoms with E-state index in [1.165, 1.54) is 7.11 Å². The fourth-order valence-electron chi connectivity index (χ4n) is 4.12. The van der Waals surface area contributed by atoms with Crippen LogP contribution in [0.4, 0.5) is 5.69 Å². The maximum atomic E-state index is 13.8. The van der Waals surface area contributed by atoms with Gasteiger partial charge < -0.3 is 19.7 Å². The van der Waals surface area contributed by atoms with Crippen molar-refractivity contribution < 1.29 is 19.1 Å². The van der Waals surface area contributed by atoms with Gasteiger partial charge in [0, 0.05) is 24.5 Å². The molecule has 1 fully saturated rings. The van der Waals surface area contributed by atoms with Gasteiger partial charge in [0.05, 0.1) is 37.5 Å². The first-order chi connectivity index (χ1) is 15.5. The van der Waals surface area contributed by atoms with Gasteiger partial charge >= 0.3 is 5.97 Å². The summed E-state index contributed by atoms with van der Waals surface area (Å²) < 4.78 is 10.4. The molecule has 0 aliphatic carbocycles. The second kappa shape index (κ2) is 9.50. The van der Waals surface area contributed by atoms with Crippen molar-refractivity contribution in [2.75, 3.05) is 38.3 Å². The molecule has 8 heteroatoms.